The molecule has 1 aromatic carbocycles. The van der Waals surface area contributed by atoms with E-state index in [9.17, 15) is 0 Å². The van der Waals surface area contributed by atoms with Crippen LogP contribution < -0.4 is 15.0 Å². The lowest BCUT2D eigenvalue weighted by atomic mass is 10.1. The Balaban J connectivity index is 1.23. The Kier molecular flexibility index (Phi) is 7.50. The molecule has 41 heavy (non-hydrogen) atoms. The maximum atomic E-state index is 6.95. The third-order valence-electron chi connectivity index (χ3n) is 8.61. The highest BCUT2D eigenvalue weighted by Crippen LogP contribution is 2.43. The molecule has 4 aromatic rings. The molecule has 1 saturated carbocycles. The van der Waals surface area contributed by atoms with Crippen molar-refractivity contribution in [2.45, 2.75) is 45.2 Å². The molecule has 3 aromatic heterocycles. The number of rotatable bonds is 9. The van der Waals surface area contributed by atoms with E-state index in [2.05, 4.69) is 37.7 Å². The first kappa shape index (κ1) is 26.6. The molecule has 3 fully saturated rings. The molecule has 1 atom stereocenters. The van der Waals surface area contributed by atoms with Crippen molar-refractivity contribution in [2.24, 2.45) is 5.92 Å². The van der Waals surface area contributed by atoms with E-state index in [1.807, 2.05) is 30.5 Å². The van der Waals surface area contributed by atoms with E-state index < -0.39 is 0 Å². The SMILES string of the molecule is Cc1ccnc(Cn2c(-c3ccc(OCCN4CCNCC4)cc3Cl)nc3c(N4CCC[C@H]4C4CC4)ncnc32)c1. The van der Waals surface area contributed by atoms with Crippen LogP contribution >= 0.6 is 11.6 Å². The highest BCUT2D eigenvalue weighted by molar-refractivity contribution is 6.33. The summed E-state index contributed by atoms with van der Waals surface area (Å²) in [6, 6.07) is 10.6. The summed E-state index contributed by atoms with van der Waals surface area (Å²) < 4.78 is 8.23. The molecular formula is C31H37ClN8O. The lowest BCUT2D eigenvalue weighted by Crippen LogP contribution is -2.44. The molecule has 2 aliphatic heterocycles. The van der Waals surface area contributed by atoms with E-state index >= 15 is 0 Å². The highest BCUT2D eigenvalue weighted by atomic mass is 35.5. The topological polar surface area (TPSA) is 84.2 Å². The summed E-state index contributed by atoms with van der Waals surface area (Å²) in [4.78, 5) is 24.3. The Morgan fingerprint density at radius 2 is 1.90 bits per heavy atom. The zero-order valence-corrected chi connectivity index (χ0v) is 24.4. The number of piperazine rings is 1. The average Bonchev–Trinajstić information content (AvgIpc) is 3.60. The minimum Gasteiger partial charge on any atom is -0.492 e. The van der Waals surface area contributed by atoms with Crippen LogP contribution in [0, 0.1) is 12.8 Å². The second-order valence-corrected chi connectivity index (χ2v) is 11.9. The van der Waals surface area contributed by atoms with E-state index in [1.54, 1.807) is 6.33 Å². The lowest BCUT2D eigenvalue weighted by molar-refractivity contribution is 0.191. The maximum Gasteiger partial charge on any atom is 0.166 e. The Bertz CT molecular complexity index is 1530. The Morgan fingerprint density at radius 1 is 1.02 bits per heavy atom. The van der Waals surface area contributed by atoms with Crippen LogP contribution in [-0.4, -0.2) is 81.3 Å². The van der Waals surface area contributed by atoms with Crippen LogP contribution in [0.5, 0.6) is 5.75 Å². The number of benzene rings is 1. The van der Waals surface area contributed by atoms with E-state index in [0.29, 0.717) is 24.2 Å². The number of nitrogens with zero attached hydrogens (tertiary/aromatic N) is 7. The zero-order chi connectivity index (χ0) is 27.8. The van der Waals surface area contributed by atoms with Crippen molar-refractivity contribution >= 4 is 28.6 Å². The minimum atomic E-state index is 0.537. The van der Waals surface area contributed by atoms with Crippen LogP contribution in [-0.2, 0) is 6.54 Å². The Labute approximate surface area is 245 Å². The number of halogens is 1. The lowest BCUT2D eigenvalue weighted by Gasteiger charge is -2.26. The van der Waals surface area contributed by atoms with Crippen molar-refractivity contribution < 1.29 is 4.74 Å². The van der Waals surface area contributed by atoms with Gasteiger partial charge in [0.25, 0.3) is 0 Å². The van der Waals surface area contributed by atoms with Gasteiger partial charge in [0.1, 0.15) is 24.5 Å². The second-order valence-electron chi connectivity index (χ2n) is 11.5. The van der Waals surface area contributed by atoms with Gasteiger partial charge in [0.2, 0.25) is 0 Å². The number of hydrogen-bond donors (Lipinski definition) is 1. The molecular weight excluding hydrogens is 536 g/mol. The number of ether oxygens (including phenoxy) is 1. The predicted octanol–water partition coefficient (Wildman–Crippen LogP) is 4.56. The Hall–Kier alpha value is -3.27. The van der Waals surface area contributed by atoms with Gasteiger partial charge < -0.3 is 19.5 Å². The monoisotopic (exact) mass is 572 g/mol. The summed E-state index contributed by atoms with van der Waals surface area (Å²) in [6.45, 7) is 9.34. The molecule has 0 amide bonds. The van der Waals surface area contributed by atoms with Gasteiger partial charge in [0, 0.05) is 57.1 Å². The number of pyridine rings is 1. The number of fused-ring (bicyclic) bond motifs is 1. The highest BCUT2D eigenvalue weighted by Gasteiger charge is 2.39. The van der Waals surface area contributed by atoms with E-state index in [-0.39, 0.29) is 0 Å². The molecule has 0 unspecified atom stereocenters. The first-order valence-corrected chi connectivity index (χ1v) is 15.3. The number of hydrogen-bond acceptors (Lipinski definition) is 8. The van der Waals surface area contributed by atoms with Crippen molar-refractivity contribution in [1.29, 1.82) is 0 Å². The standard InChI is InChI=1S/C31H37ClN8O/c1-21-8-9-34-23(17-21)19-40-29(25-7-6-24(18-26(25)32)41-16-15-38-13-10-33-11-14-38)37-28-30(35-20-36-31(28)40)39-12-2-3-27(39)22-4-5-22/h6-9,17-18,20,22,27,33H,2-5,10-16,19H2,1H3/t27-/m0/s1. The average molecular weight is 573 g/mol. The van der Waals surface area contributed by atoms with Gasteiger partial charge in [-0.2, -0.15) is 0 Å². The number of aryl methyl sites for hydroxylation is 1. The first-order chi connectivity index (χ1) is 20.1. The molecule has 9 nitrogen and oxygen atoms in total. The summed E-state index contributed by atoms with van der Waals surface area (Å²) in [5.41, 5.74) is 4.60. The van der Waals surface area contributed by atoms with Crippen molar-refractivity contribution in [1.82, 2.24) is 34.7 Å². The molecule has 214 valence electrons. The van der Waals surface area contributed by atoms with Gasteiger partial charge in [-0.15, -0.1) is 0 Å². The minimum absolute atomic E-state index is 0.537. The largest absolute Gasteiger partial charge is 0.492 e. The fourth-order valence-corrected chi connectivity index (χ4v) is 6.61. The van der Waals surface area contributed by atoms with Gasteiger partial charge in [0.15, 0.2) is 17.0 Å². The second kappa shape index (κ2) is 11.5. The molecule has 5 heterocycles. The van der Waals surface area contributed by atoms with Gasteiger partial charge >= 0.3 is 0 Å². The smallest absolute Gasteiger partial charge is 0.166 e. The predicted molar refractivity (Wildman–Crippen MR) is 162 cm³/mol. The van der Waals surface area contributed by atoms with E-state index in [1.165, 1.54) is 31.2 Å². The Morgan fingerprint density at radius 3 is 2.71 bits per heavy atom. The van der Waals surface area contributed by atoms with Crippen molar-refractivity contribution in [3.05, 3.63) is 59.1 Å². The zero-order valence-electron chi connectivity index (χ0n) is 23.6. The number of anilines is 1. The quantitative estimate of drug-likeness (QED) is 0.312. The van der Waals surface area contributed by atoms with Crippen LogP contribution in [0.4, 0.5) is 5.82 Å². The van der Waals surface area contributed by atoms with Gasteiger partial charge in [-0.25, -0.2) is 15.0 Å². The van der Waals surface area contributed by atoms with Gasteiger partial charge in [-0.05, 0) is 74.4 Å². The summed E-state index contributed by atoms with van der Waals surface area (Å²) >= 11 is 6.95. The van der Waals surface area contributed by atoms with Gasteiger partial charge in [-0.1, -0.05) is 11.6 Å². The van der Waals surface area contributed by atoms with Crippen LogP contribution in [0.2, 0.25) is 5.02 Å². The van der Waals surface area contributed by atoms with Gasteiger partial charge in [0.05, 0.1) is 17.3 Å². The normalized spacial score (nSPS) is 19.8. The van der Waals surface area contributed by atoms with Crippen molar-refractivity contribution in [3.63, 3.8) is 0 Å². The molecule has 7 rings (SSSR count). The summed E-state index contributed by atoms with van der Waals surface area (Å²) in [6.07, 6.45) is 8.57. The molecule has 10 heteroatoms. The number of imidazole rings is 1. The van der Waals surface area contributed by atoms with E-state index in [4.69, 9.17) is 31.3 Å². The first-order valence-electron chi connectivity index (χ1n) is 14.9. The van der Waals surface area contributed by atoms with E-state index in [0.717, 1.165) is 85.0 Å². The molecule has 0 radical (unpaired) electrons. The maximum absolute atomic E-state index is 6.95. The molecule has 1 N–H and O–H groups in total. The fourth-order valence-electron chi connectivity index (χ4n) is 6.36. The third kappa shape index (κ3) is 5.63. The fraction of sp³-hybridized carbons (Fsp3) is 0.484. The molecule has 0 spiro atoms. The van der Waals surface area contributed by atoms with Crippen LogP contribution in [0.1, 0.15) is 36.9 Å². The third-order valence-corrected chi connectivity index (χ3v) is 8.92. The molecule has 0 bridgehead atoms. The molecule has 1 aliphatic carbocycles. The summed E-state index contributed by atoms with van der Waals surface area (Å²) in [7, 11) is 0. The molecule has 3 aliphatic rings. The summed E-state index contributed by atoms with van der Waals surface area (Å²) in [5.74, 6) is 3.24. The van der Waals surface area contributed by atoms with Crippen LogP contribution in [0.15, 0.2) is 42.9 Å². The molecule has 2 saturated heterocycles. The number of nitrogens with one attached hydrogen (secondary N) is 1. The van der Waals surface area contributed by atoms with Crippen molar-refractivity contribution in [3.8, 4) is 17.1 Å². The summed E-state index contributed by atoms with van der Waals surface area (Å²) in [5, 5.41) is 3.99. The van der Waals surface area contributed by atoms with Gasteiger partial charge in [-0.3, -0.25) is 9.88 Å². The van der Waals surface area contributed by atoms with Crippen molar-refractivity contribution in [2.75, 3.05) is 50.8 Å². The van der Waals surface area contributed by atoms with Crippen LogP contribution in [0.25, 0.3) is 22.6 Å². The van der Waals surface area contributed by atoms with Crippen LogP contribution in [0.3, 0.4) is 0 Å². The number of aromatic nitrogens is 5.